The second kappa shape index (κ2) is 6.80. The summed E-state index contributed by atoms with van der Waals surface area (Å²) < 4.78 is 0. The van der Waals surface area contributed by atoms with E-state index >= 15 is 0 Å². The van der Waals surface area contributed by atoms with Gasteiger partial charge in [-0.3, -0.25) is 4.79 Å². The molecule has 1 aliphatic rings. The fourth-order valence-electron chi connectivity index (χ4n) is 3.20. The van der Waals surface area contributed by atoms with Crippen molar-refractivity contribution in [1.29, 1.82) is 0 Å². The van der Waals surface area contributed by atoms with Crippen LogP contribution < -0.4 is 4.90 Å². The first-order valence-corrected chi connectivity index (χ1v) is 9.40. The molecule has 0 aliphatic carbocycles. The molecule has 2 aromatic heterocycles. The number of piperazine rings is 1. The number of carbonyl (C=O) groups excluding carboxylic acids is 1. The molecule has 5 nitrogen and oxygen atoms in total. The minimum Gasteiger partial charge on any atom is -0.352 e. The van der Waals surface area contributed by atoms with E-state index in [0.717, 1.165) is 41.1 Å². The zero-order chi connectivity index (χ0) is 17.2. The maximum Gasteiger partial charge on any atom is 0.253 e. The van der Waals surface area contributed by atoms with E-state index < -0.39 is 0 Å². The number of hydrogen-bond acceptors (Lipinski definition) is 5. The number of amides is 1. The molecule has 0 saturated carbocycles. The Balaban J connectivity index is 1.51. The Morgan fingerprint density at radius 1 is 1.12 bits per heavy atom. The van der Waals surface area contributed by atoms with Crippen molar-refractivity contribution in [2.75, 3.05) is 31.1 Å². The van der Waals surface area contributed by atoms with Crippen molar-refractivity contribution >= 4 is 33.3 Å². The summed E-state index contributed by atoms with van der Waals surface area (Å²) in [5.41, 5.74) is 0.755. The third kappa shape index (κ3) is 3.09. The molecule has 0 unspecified atom stereocenters. The van der Waals surface area contributed by atoms with E-state index in [0.29, 0.717) is 13.1 Å². The second-order valence-electron chi connectivity index (χ2n) is 6.13. The number of anilines is 1. The van der Waals surface area contributed by atoms with Crippen LogP contribution in [-0.2, 0) is 6.42 Å². The first-order valence-electron chi connectivity index (χ1n) is 8.59. The first kappa shape index (κ1) is 16.0. The van der Waals surface area contributed by atoms with Gasteiger partial charge in [-0.1, -0.05) is 25.1 Å². The standard InChI is InChI=1S/C19H20N4OS/c1-2-15-12-16-17(20-13-21-18(16)25-15)22-8-10-23(11-9-22)19(24)14-6-4-3-5-7-14/h3-7,12-13H,2,8-11H2,1H3. The van der Waals surface area contributed by atoms with Crippen LogP contribution in [0.1, 0.15) is 22.2 Å². The molecule has 25 heavy (non-hydrogen) atoms. The highest BCUT2D eigenvalue weighted by molar-refractivity contribution is 7.18. The molecule has 1 amide bonds. The van der Waals surface area contributed by atoms with Gasteiger partial charge < -0.3 is 9.80 Å². The Morgan fingerprint density at radius 3 is 2.60 bits per heavy atom. The summed E-state index contributed by atoms with van der Waals surface area (Å²) in [7, 11) is 0. The van der Waals surface area contributed by atoms with Gasteiger partial charge in [0, 0.05) is 36.6 Å². The van der Waals surface area contributed by atoms with Gasteiger partial charge in [0.25, 0.3) is 5.91 Å². The summed E-state index contributed by atoms with van der Waals surface area (Å²) in [5.74, 6) is 1.10. The summed E-state index contributed by atoms with van der Waals surface area (Å²) >= 11 is 1.74. The quantitative estimate of drug-likeness (QED) is 0.726. The molecule has 6 heteroatoms. The molecule has 1 aliphatic heterocycles. The number of fused-ring (bicyclic) bond motifs is 1. The summed E-state index contributed by atoms with van der Waals surface area (Å²) in [4.78, 5) is 28.1. The summed E-state index contributed by atoms with van der Waals surface area (Å²) in [6, 6.07) is 11.7. The lowest BCUT2D eigenvalue weighted by atomic mass is 10.2. The Hall–Kier alpha value is -2.47. The molecule has 4 rings (SSSR count). The van der Waals surface area contributed by atoms with E-state index in [2.05, 4.69) is 27.9 Å². The van der Waals surface area contributed by atoms with Gasteiger partial charge in [-0.2, -0.15) is 0 Å². The van der Waals surface area contributed by atoms with E-state index in [1.54, 1.807) is 17.7 Å². The molecule has 0 atom stereocenters. The van der Waals surface area contributed by atoms with Crippen LogP contribution in [0.4, 0.5) is 5.82 Å². The number of benzene rings is 1. The van der Waals surface area contributed by atoms with Crippen molar-refractivity contribution < 1.29 is 4.79 Å². The van der Waals surface area contributed by atoms with Crippen molar-refractivity contribution in [2.24, 2.45) is 0 Å². The summed E-state index contributed by atoms with van der Waals surface area (Å²) in [6.07, 6.45) is 2.66. The number of rotatable bonds is 3. The third-order valence-corrected chi connectivity index (χ3v) is 5.78. The molecule has 0 N–H and O–H groups in total. The largest absolute Gasteiger partial charge is 0.352 e. The van der Waals surface area contributed by atoms with E-state index in [1.807, 2.05) is 35.2 Å². The fourth-order valence-corrected chi connectivity index (χ4v) is 4.13. The van der Waals surface area contributed by atoms with Crippen molar-refractivity contribution in [3.63, 3.8) is 0 Å². The van der Waals surface area contributed by atoms with Crippen LogP contribution in [0, 0.1) is 0 Å². The van der Waals surface area contributed by atoms with Crippen LogP contribution in [0.2, 0.25) is 0 Å². The molecule has 0 radical (unpaired) electrons. The first-order chi connectivity index (χ1) is 12.3. The Kier molecular flexibility index (Phi) is 4.36. The SMILES string of the molecule is CCc1cc2c(N3CCN(C(=O)c4ccccc4)CC3)ncnc2s1. The minimum absolute atomic E-state index is 0.108. The second-order valence-corrected chi connectivity index (χ2v) is 7.24. The van der Waals surface area contributed by atoms with Gasteiger partial charge in [0.05, 0.1) is 5.39 Å². The van der Waals surface area contributed by atoms with Gasteiger partial charge >= 0.3 is 0 Å². The van der Waals surface area contributed by atoms with Crippen LogP contribution >= 0.6 is 11.3 Å². The predicted octanol–water partition coefficient (Wildman–Crippen LogP) is 3.22. The Bertz CT molecular complexity index is 885. The van der Waals surface area contributed by atoms with Gasteiger partial charge in [-0.05, 0) is 24.6 Å². The van der Waals surface area contributed by atoms with E-state index in [1.165, 1.54) is 4.88 Å². The highest BCUT2D eigenvalue weighted by Gasteiger charge is 2.24. The maximum atomic E-state index is 12.6. The monoisotopic (exact) mass is 352 g/mol. The molecule has 3 aromatic rings. The molecule has 3 heterocycles. The van der Waals surface area contributed by atoms with Crippen LogP contribution in [0.5, 0.6) is 0 Å². The van der Waals surface area contributed by atoms with Crippen LogP contribution in [0.25, 0.3) is 10.2 Å². The van der Waals surface area contributed by atoms with Crippen LogP contribution in [0.3, 0.4) is 0 Å². The molecular formula is C19H20N4OS. The van der Waals surface area contributed by atoms with Crippen molar-refractivity contribution in [1.82, 2.24) is 14.9 Å². The zero-order valence-electron chi connectivity index (χ0n) is 14.2. The van der Waals surface area contributed by atoms with Gasteiger partial charge in [-0.25, -0.2) is 9.97 Å². The molecule has 1 fully saturated rings. The van der Waals surface area contributed by atoms with E-state index in [-0.39, 0.29) is 5.91 Å². The van der Waals surface area contributed by atoms with Crippen molar-refractivity contribution in [2.45, 2.75) is 13.3 Å². The maximum absolute atomic E-state index is 12.6. The smallest absolute Gasteiger partial charge is 0.253 e. The van der Waals surface area contributed by atoms with Gasteiger partial charge in [0.2, 0.25) is 0 Å². The van der Waals surface area contributed by atoms with E-state index in [4.69, 9.17) is 0 Å². The molecule has 1 aromatic carbocycles. The van der Waals surface area contributed by atoms with Crippen molar-refractivity contribution in [3.05, 3.63) is 53.2 Å². The van der Waals surface area contributed by atoms with Gasteiger partial charge in [0.15, 0.2) is 0 Å². The number of carbonyl (C=O) groups is 1. The lowest BCUT2D eigenvalue weighted by molar-refractivity contribution is 0.0746. The molecule has 0 bridgehead atoms. The van der Waals surface area contributed by atoms with E-state index in [9.17, 15) is 4.79 Å². The average Bonchev–Trinajstić information content (AvgIpc) is 3.12. The van der Waals surface area contributed by atoms with Crippen molar-refractivity contribution in [3.8, 4) is 0 Å². The Labute approximate surface area is 150 Å². The third-order valence-electron chi connectivity index (χ3n) is 4.60. The molecule has 1 saturated heterocycles. The van der Waals surface area contributed by atoms with Crippen LogP contribution in [-0.4, -0.2) is 47.0 Å². The van der Waals surface area contributed by atoms with Gasteiger partial charge in [0.1, 0.15) is 17.0 Å². The number of hydrogen-bond donors (Lipinski definition) is 0. The lowest BCUT2D eigenvalue weighted by Gasteiger charge is -2.35. The highest BCUT2D eigenvalue weighted by Crippen LogP contribution is 2.31. The minimum atomic E-state index is 0.108. The number of nitrogens with zero attached hydrogens (tertiary/aromatic N) is 4. The van der Waals surface area contributed by atoms with Crippen LogP contribution in [0.15, 0.2) is 42.7 Å². The average molecular weight is 352 g/mol. The Morgan fingerprint density at radius 2 is 1.88 bits per heavy atom. The summed E-state index contributed by atoms with van der Waals surface area (Å²) in [6.45, 7) is 5.17. The molecular weight excluding hydrogens is 332 g/mol. The summed E-state index contributed by atoms with van der Waals surface area (Å²) in [5, 5.41) is 1.13. The topological polar surface area (TPSA) is 49.3 Å². The number of thiophene rings is 1. The molecule has 0 spiro atoms. The fraction of sp³-hybridized carbons (Fsp3) is 0.316. The van der Waals surface area contributed by atoms with Gasteiger partial charge in [-0.15, -0.1) is 11.3 Å². The zero-order valence-corrected chi connectivity index (χ0v) is 15.0. The normalized spacial score (nSPS) is 14.9. The predicted molar refractivity (Wildman–Crippen MR) is 101 cm³/mol. The lowest BCUT2D eigenvalue weighted by Crippen LogP contribution is -2.49. The molecule has 128 valence electrons. The number of aryl methyl sites for hydroxylation is 1. The number of aromatic nitrogens is 2. The highest BCUT2D eigenvalue weighted by atomic mass is 32.1.